The lowest BCUT2D eigenvalue weighted by atomic mass is 10.2. The Kier molecular flexibility index (Phi) is 3.78. The first-order valence-electron chi connectivity index (χ1n) is 5.29. The van der Waals surface area contributed by atoms with Crippen LogP contribution in [0.2, 0.25) is 0 Å². The summed E-state index contributed by atoms with van der Waals surface area (Å²) in [5.74, 6) is -1.42. The zero-order valence-electron chi connectivity index (χ0n) is 10.1. The highest BCUT2D eigenvalue weighted by atomic mass is 19.3. The molecule has 9 heteroatoms. The average molecular weight is 282 g/mol. The summed E-state index contributed by atoms with van der Waals surface area (Å²) < 4.78 is 30.4. The number of ether oxygens (including phenoxy) is 1. The van der Waals surface area contributed by atoms with Gasteiger partial charge in [0.2, 0.25) is 5.88 Å². The second-order valence-corrected chi connectivity index (χ2v) is 3.56. The van der Waals surface area contributed by atoms with Crippen molar-refractivity contribution in [2.45, 2.75) is 6.43 Å². The SMILES string of the molecule is COc1ccc(-c2ncc(C(=O)O)c(C(F)F)n2)nn1. The number of carbonyl (C=O) groups is 1. The Morgan fingerprint density at radius 3 is 2.60 bits per heavy atom. The molecule has 0 saturated carbocycles. The van der Waals surface area contributed by atoms with Crippen LogP contribution in [-0.2, 0) is 0 Å². The summed E-state index contributed by atoms with van der Waals surface area (Å²) >= 11 is 0. The highest BCUT2D eigenvalue weighted by Gasteiger charge is 2.22. The predicted molar refractivity (Wildman–Crippen MR) is 61.5 cm³/mol. The number of carboxylic acids is 1. The van der Waals surface area contributed by atoms with E-state index in [-0.39, 0.29) is 17.4 Å². The molecule has 0 amide bonds. The molecule has 1 N–H and O–H groups in total. The molecule has 2 aromatic rings. The van der Waals surface area contributed by atoms with E-state index < -0.39 is 23.7 Å². The molecule has 0 fully saturated rings. The summed E-state index contributed by atoms with van der Waals surface area (Å²) in [4.78, 5) is 18.0. The van der Waals surface area contributed by atoms with Gasteiger partial charge in [-0.2, -0.15) is 0 Å². The van der Waals surface area contributed by atoms with Crippen molar-refractivity contribution in [2.24, 2.45) is 0 Å². The normalized spacial score (nSPS) is 10.6. The fourth-order valence-electron chi connectivity index (χ4n) is 1.40. The standard InChI is InChI=1S/C11H8F2N4O3/c1-20-7-3-2-6(16-17-7)10-14-4-5(11(18)19)8(15-10)9(12)13/h2-4,9H,1H3,(H,18,19). The van der Waals surface area contributed by atoms with Crippen molar-refractivity contribution in [3.8, 4) is 17.4 Å². The molecule has 0 aliphatic heterocycles. The Labute approximate surface area is 111 Å². The van der Waals surface area contributed by atoms with Crippen molar-refractivity contribution in [3.05, 3.63) is 29.6 Å². The summed E-state index contributed by atoms with van der Waals surface area (Å²) in [7, 11) is 1.40. The Balaban J connectivity index is 2.47. The molecule has 2 aromatic heterocycles. The van der Waals surface area contributed by atoms with Crippen LogP contribution in [0.5, 0.6) is 5.88 Å². The second-order valence-electron chi connectivity index (χ2n) is 3.56. The van der Waals surface area contributed by atoms with Gasteiger partial charge in [0.15, 0.2) is 5.82 Å². The van der Waals surface area contributed by atoms with Crippen molar-refractivity contribution in [1.82, 2.24) is 20.2 Å². The number of rotatable bonds is 4. The summed E-state index contributed by atoms with van der Waals surface area (Å²) in [6.07, 6.45) is -2.22. The van der Waals surface area contributed by atoms with Gasteiger partial charge in [0, 0.05) is 12.3 Å². The molecule has 2 heterocycles. The quantitative estimate of drug-likeness (QED) is 0.908. The van der Waals surface area contributed by atoms with Crippen molar-refractivity contribution < 1.29 is 23.4 Å². The molecule has 0 atom stereocenters. The number of aromatic carboxylic acids is 1. The van der Waals surface area contributed by atoms with E-state index in [9.17, 15) is 13.6 Å². The maximum Gasteiger partial charge on any atom is 0.339 e. The third-order valence-electron chi connectivity index (χ3n) is 2.33. The van der Waals surface area contributed by atoms with E-state index in [2.05, 4.69) is 20.2 Å². The molecule has 7 nitrogen and oxygen atoms in total. The van der Waals surface area contributed by atoms with Gasteiger partial charge in [-0.25, -0.2) is 23.5 Å². The monoisotopic (exact) mass is 282 g/mol. The van der Waals surface area contributed by atoms with Gasteiger partial charge in [-0.3, -0.25) is 0 Å². The minimum atomic E-state index is -3.03. The zero-order chi connectivity index (χ0) is 14.7. The highest BCUT2D eigenvalue weighted by molar-refractivity contribution is 5.88. The van der Waals surface area contributed by atoms with Gasteiger partial charge in [-0.15, -0.1) is 10.2 Å². The Morgan fingerprint density at radius 1 is 1.35 bits per heavy atom. The van der Waals surface area contributed by atoms with Crippen LogP contribution in [0.15, 0.2) is 18.3 Å². The van der Waals surface area contributed by atoms with Crippen LogP contribution in [0.3, 0.4) is 0 Å². The maximum atomic E-state index is 12.8. The van der Waals surface area contributed by atoms with Crippen LogP contribution in [0.4, 0.5) is 8.78 Å². The molecule has 0 spiro atoms. The van der Waals surface area contributed by atoms with Crippen LogP contribution >= 0.6 is 0 Å². The lowest BCUT2D eigenvalue weighted by molar-refractivity contribution is 0.0681. The fraction of sp³-hybridized carbons (Fsp3) is 0.182. The predicted octanol–water partition coefficient (Wildman–Crippen LogP) is 1.58. The zero-order valence-corrected chi connectivity index (χ0v) is 10.1. The van der Waals surface area contributed by atoms with Gasteiger partial charge >= 0.3 is 5.97 Å². The van der Waals surface area contributed by atoms with Gasteiger partial charge in [-0.05, 0) is 6.07 Å². The van der Waals surface area contributed by atoms with Crippen LogP contribution in [0, 0.1) is 0 Å². The third kappa shape index (κ3) is 2.66. The van der Waals surface area contributed by atoms with E-state index in [1.807, 2.05) is 0 Å². The molecule has 0 radical (unpaired) electrons. The van der Waals surface area contributed by atoms with Crippen molar-refractivity contribution >= 4 is 5.97 Å². The molecule has 0 bridgehead atoms. The van der Waals surface area contributed by atoms with E-state index >= 15 is 0 Å². The smallest absolute Gasteiger partial charge is 0.339 e. The number of aromatic nitrogens is 4. The summed E-state index contributed by atoms with van der Waals surface area (Å²) in [5.41, 5.74) is -1.38. The van der Waals surface area contributed by atoms with Crippen molar-refractivity contribution in [2.75, 3.05) is 7.11 Å². The van der Waals surface area contributed by atoms with Gasteiger partial charge < -0.3 is 9.84 Å². The first-order chi connectivity index (χ1) is 9.52. The van der Waals surface area contributed by atoms with E-state index in [0.717, 1.165) is 6.20 Å². The summed E-state index contributed by atoms with van der Waals surface area (Å²) in [5, 5.41) is 16.1. The molecule has 0 aliphatic rings. The van der Waals surface area contributed by atoms with Gasteiger partial charge in [0.1, 0.15) is 17.0 Å². The molecule has 20 heavy (non-hydrogen) atoms. The molecular weight excluding hydrogens is 274 g/mol. The molecule has 104 valence electrons. The minimum absolute atomic E-state index is 0.129. The third-order valence-corrected chi connectivity index (χ3v) is 2.33. The average Bonchev–Trinajstić information content (AvgIpc) is 2.46. The molecule has 0 saturated heterocycles. The molecular formula is C11H8F2N4O3. The fourth-order valence-corrected chi connectivity index (χ4v) is 1.40. The number of hydrogen-bond acceptors (Lipinski definition) is 6. The number of halogens is 2. The number of methoxy groups -OCH3 is 1. The highest BCUT2D eigenvalue weighted by Crippen LogP contribution is 2.23. The number of nitrogens with zero attached hydrogens (tertiary/aromatic N) is 4. The lowest BCUT2D eigenvalue weighted by Gasteiger charge is -2.06. The maximum absolute atomic E-state index is 12.8. The first kappa shape index (κ1) is 13.7. The van der Waals surface area contributed by atoms with E-state index in [1.54, 1.807) is 0 Å². The van der Waals surface area contributed by atoms with Crippen LogP contribution in [0.1, 0.15) is 22.5 Å². The van der Waals surface area contributed by atoms with Gasteiger partial charge in [0.05, 0.1) is 7.11 Å². The van der Waals surface area contributed by atoms with Crippen LogP contribution < -0.4 is 4.74 Å². The Bertz CT molecular complexity index is 634. The first-order valence-corrected chi connectivity index (χ1v) is 5.29. The lowest BCUT2D eigenvalue weighted by Crippen LogP contribution is -2.08. The molecule has 0 unspecified atom stereocenters. The second kappa shape index (κ2) is 5.51. The van der Waals surface area contributed by atoms with E-state index in [1.165, 1.54) is 19.2 Å². The van der Waals surface area contributed by atoms with E-state index in [4.69, 9.17) is 9.84 Å². The molecule has 0 aromatic carbocycles. The number of carboxylic acid groups (broad SMARTS) is 1. The van der Waals surface area contributed by atoms with E-state index in [0.29, 0.717) is 0 Å². The van der Waals surface area contributed by atoms with Crippen molar-refractivity contribution in [3.63, 3.8) is 0 Å². The molecule has 2 rings (SSSR count). The molecule has 0 aliphatic carbocycles. The number of hydrogen-bond donors (Lipinski definition) is 1. The Hall–Kier alpha value is -2.71. The van der Waals surface area contributed by atoms with Crippen LogP contribution in [-0.4, -0.2) is 38.4 Å². The minimum Gasteiger partial charge on any atom is -0.480 e. The van der Waals surface area contributed by atoms with Crippen LogP contribution in [0.25, 0.3) is 11.5 Å². The van der Waals surface area contributed by atoms with Gasteiger partial charge in [-0.1, -0.05) is 0 Å². The van der Waals surface area contributed by atoms with Gasteiger partial charge in [0.25, 0.3) is 6.43 Å². The number of alkyl halides is 2. The van der Waals surface area contributed by atoms with Crippen molar-refractivity contribution in [1.29, 1.82) is 0 Å². The summed E-state index contributed by atoms with van der Waals surface area (Å²) in [6, 6.07) is 2.88. The topological polar surface area (TPSA) is 98.1 Å². The summed E-state index contributed by atoms with van der Waals surface area (Å²) in [6.45, 7) is 0. The Morgan fingerprint density at radius 2 is 2.10 bits per heavy atom. The largest absolute Gasteiger partial charge is 0.480 e.